The highest BCUT2D eigenvalue weighted by Crippen LogP contribution is 2.27. The number of aromatic nitrogens is 2. The van der Waals surface area contributed by atoms with E-state index < -0.39 is 0 Å². The van der Waals surface area contributed by atoms with Gasteiger partial charge in [0.05, 0.1) is 18.0 Å². The minimum atomic E-state index is -0.123. The Balaban J connectivity index is 1.60. The number of nitrogens with zero attached hydrogens (tertiary/aromatic N) is 5. The fourth-order valence-corrected chi connectivity index (χ4v) is 3.94. The number of hydrogen-bond acceptors (Lipinski definition) is 5. The molecule has 2 aromatic carbocycles. The molecule has 2 heterocycles. The van der Waals surface area contributed by atoms with E-state index in [2.05, 4.69) is 63.7 Å². The number of rotatable bonds is 8. The standard InChI is InChI=1S/C23H24ClN5O/c1-2-3-8-22-26-23(24)21(15-30)29(22)14-16-9-11-17(12-10-16)18-6-4-5-7-19(18)20-13-25-28-27-20/h4-7,9-12,30H,2-3,8,13-15H2,1H3. The summed E-state index contributed by atoms with van der Waals surface area (Å²) in [6.45, 7) is 3.17. The molecule has 0 aliphatic carbocycles. The first kappa shape index (κ1) is 20.4. The molecule has 0 unspecified atom stereocenters. The number of halogens is 1. The summed E-state index contributed by atoms with van der Waals surface area (Å²) in [5.74, 6) is 0.923. The summed E-state index contributed by atoms with van der Waals surface area (Å²) in [4.78, 5) is 4.47. The molecular weight excluding hydrogens is 398 g/mol. The molecule has 0 atom stereocenters. The molecule has 0 spiro atoms. The van der Waals surface area contributed by atoms with E-state index in [1.807, 2.05) is 16.7 Å². The summed E-state index contributed by atoms with van der Waals surface area (Å²) in [5.41, 5.74) is 5.96. The first-order valence-electron chi connectivity index (χ1n) is 10.2. The van der Waals surface area contributed by atoms with Crippen LogP contribution in [0.25, 0.3) is 11.1 Å². The van der Waals surface area contributed by atoms with E-state index in [9.17, 15) is 5.11 Å². The molecule has 1 aliphatic rings. The van der Waals surface area contributed by atoms with Crippen molar-refractivity contribution in [3.63, 3.8) is 0 Å². The molecule has 0 fully saturated rings. The predicted molar refractivity (Wildman–Crippen MR) is 119 cm³/mol. The molecule has 0 saturated heterocycles. The molecule has 3 aromatic rings. The van der Waals surface area contributed by atoms with Gasteiger partial charge in [0.2, 0.25) is 0 Å². The van der Waals surface area contributed by atoms with Gasteiger partial charge >= 0.3 is 0 Å². The Morgan fingerprint density at radius 2 is 1.83 bits per heavy atom. The van der Waals surface area contributed by atoms with Gasteiger partial charge in [-0.15, -0.1) is 5.10 Å². The molecule has 30 heavy (non-hydrogen) atoms. The molecule has 4 rings (SSSR count). The van der Waals surface area contributed by atoms with Crippen LogP contribution >= 0.6 is 11.6 Å². The Morgan fingerprint density at radius 1 is 1.07 bits per heavy atom. The highest BCUT2D eigenvalue weighted by atomic mass is 35.5. The molecular formula is C23H24ClN5O. The molecule has 1 aromatic heterocycles. The second kappa shape index (κ2) is 9.32. The molecule has 0 saturated carbocycles. The van der Waals surface area contributed by atoms with Crippen molar-refractivity contribution in [3.8, 4) is 11.1 Å². The van der Waals surface area contributed by atoms with Crippen LogP contribution in [0.2, 0.25) is 5.15 Å². The number of benzene rings is 2. The van der Waals surface area contributed by atoms with Crippen molar-refractivity contribution in [2.75, 3.05) is 6.54 Å². The van der Waals surface area contributed by atoms with Crippen molar-refractivity contribution in [3.05, 3.63) is 76.3 Å². The summed E-state index contributed by atoms with van der Waals surface area (Å²) in [6.07, 6.45) is 2.97. The number of unbranched alkanes of at least 4 members (excludes halogenated alkanes) is 1. The summed E-state index contributed by atoms with van der Waals surface area (Å²) in [6, 6.07) is 16.6. The van der Waals surface area contributed by atoms with Crippen LogP contribution in [0.1, 0.15) is 42.4 Å². The first-order valence-corrected chi connectivity index (χ1v) is 10.6. The lowest BCUT2D eigenvalue weighted by molar-refractivity contribution is 0.271. The minimum Gasteiger partial charge on any atom is -0.390 e. The zero-order valence-corrected chi connectivity index (χ0v) is 17.7. The monoisotopic (exact) mass is 421 g/mol. The summed E-state index contributed by atoms with van der Waals surface area (Å²) in [7, 11) is 0. The maximum Gasteiger partial charge on any atom is 0.152 e. The zero-order chi connectivity index (χ0) is 20.9. The van der Waals surface area contributed by atoms with Gasteiger partial charge in [-0.05, 0) is 28.3 Å². The van der Waals surface area contributed by atoms with E-state index in [-0.39, 0.29) is 6.61 Å². The van der Waals surface area contributed by atoms with Crippen LogP contribution in [0.5, 0.6) is 0 Å². The Hall–Kier alpha value is -2.83. The normalized spacial score (nSPS) is 13.1. The summed E-state index contributed by atoms with van der Waals surface area (Å²) >= 11 is 6.26. The van der Waals surface area contributed by atoms with Crippen molar-refractivity contribution in [1.82, 2.24) is 9.55 Å². The van der Waals surface area contributed by atoms with Crippen LogP contribution in [0, 0.1) is 0 Å². The van der Waals surface area contributed by atoms with Crippen LogP contribution in [-0.4, -0.2) is 26.9 Å². The SMILES string of the molecule is CCCCc1nc(Cl)c(CO)n1Cc1ccc(-c2ccccc2C2=NN=NC2)cc1. The van der Waals surface area contributed by atoms with Crippen LogP contribution in [0.15, 0.2) is 64.0 Å². The molecule has 0 bridgehead atoms. The van der Waals surface area contributed by atoms with Crippen LogP contribution < -0.4 is 0 Å². The van der Waals surface area contributed by atoms with Gasteiger partial charge in [-0.2, -0.15) is 5.11 Å². The van der Waals surface area contributed by atoms with Gasteiger partial charge in [0.25, 0.3) is 0 Å². The summed E-state index contributed by atoms with van der Waals surface area (Å²) < 4.78 is 2.04. The topological polar surface area (TPSA) is 75.1 Å². The van der Waals surface area contributed by atoms with E-state index in [1.54, 1.807) is 0 Å². The van der Waals surface area contributed by atoms with Crippen LogP contribution in [0.3, 0.4) is 0 Å². The Morgan fingerprint density at radius 3 is 2.50 bits per heavy atom. The molecule has 0 radical (unpaired) electrons. The van der Waals surface area contributed by atoms with Gasteiger partial charge in [0, 0.05) is 18.5 Å². The third-order valence-electron chi connectivity index (χ3n) is 5.30. The Kier molecular flexibility index (Phi) is 6.35. The third-order valence-corrected chi connectivity index (χ3v) is 5.60. The highest BCUT2D eigenvalue weighted by Gasteiger charge is 2.16. The number of hydrogen-bond donors (Lipinski definition) is 1. The van der Waals surface area contributed by atoms with Crippen molar-refractivity contribution in [2.45, 2.75) is 39.3 Å². The van der Waals surface area contributed by atoms with E-state index >= 15 is 0 Å². The van der Waals surface area contributed by atoms with E-state index in [1.165, 1.54) is 0 Å². The van der Waals surface area contributed by atoms with E-state index in [4.69, 9.17) is 11.6 Å². The van der Waals surface area contributed by atoms with Gasteiger partial charge in [-0.3, -0.25) is 0 Å². The first-order chi connectivity index (χ1) is 14.7. The second-order valence-electron chi connectivity index (χ2n) is 7.29. The Bertz CT molecular complexity index is 1090. The molecule has 6 nitrogen and oxygen atoms in total. The minimum absolute atomic E-state index is 0.123. The van der Waals surface area contributed by atoms with Crippen molar-refractivity contribution >= 4 is 17.3 Å². The van der Waals surface area contributed by atoms with Gasteiger partial charge in [-0.1, -0.05) is 73.5 Å². The second-order valence-corrected chi connectivity index (χ2v) is 7.65. The molecule has 1 N–H and O–H groups in total. The Labute approximate surface area is 181 Å². The fraction of sp³-hybridized carbons (Fsp3) is 0.304. The fourth-order valence-electron chi connectivity index (χ4n) is 3.68. The lowest BCUT2D eigenvalue weighted by atomic mass is 9.96. The van der Waals surface area contributed by atoms with Crippen molar-refractivity contribution in [1.29, 1.82) is 0 Å². The number of aliphatic hydroxyl groups is 1. The predicted octanol–water partition coefficient (Wildman–Crippen LogP) is 5.26. The quantitative estimate of drug-likeness (QED) is 0.538. The van der Waals surface area contributed by atoms with Crippen molar-refractivity contribution in [2.24, 2.45) is 15.4 Å². The average Bonchev–Trinajstić information content (AvgIpc) is 3.41. The van der Waals surface area contributed by atoms with Gasteiger partial charge in [0.1, 0.15) is 12.4 Å². The van der Waals surface area contributed by atoms with Crippen LogP contribution in [0.4, 0.5) is 0 Å². The van der Waals surface area contributed by atoms with Gasteiger partial charge < -0.3 is 9.67 Å². The van der Waals surface area contributed by atoms with Gasteiger partial charge in [0.15, 0.2) is 5.15 Å². The van der Waals surface area contributed by atoms with Crippen molar-refractivity contribution < 1.29 is 5.11 Å². The molecule has 7 heteroatoms. The highest BCUT2D eigenvalue weighted by molar-refractivity contribution is 6.30. The number of aryl methyl sites for hydroxylation is 1. The molecule has 0 amide bonds. The van der Waals surface area contributed by atoms with Gasteiger partial charge in [-0.25, -0.2) is 4.98 Å². The largest absolute Gasteiger partial charge is 0.390 e. The van der Waals surface area contributed by atoms with E-state index in [0.717, 1.165) is 53.1 Å². The lowest BCUT2D eigenvalue weighted by Gasteiger charge is -2.13. The summed E-state index contributed by atoms with van der Waals surface area (Å²) in [5, 5.41) is 22.0. The average molecular weight is 422 g/mol. The number of imidazole rings is 1. The molecule has 154 valence electrons. The number of aliphatic hydroxyl groups excluding tert-OH is 1. The zero-order valence-electron chi connectivity index (χ0n) is 16.9. The lowest BCUT2D eigenvalue weighted by Crippen LogP contribution is -2.09. The maximum atomic E-state index is 9.77. The van der Waals surface area contributed by atoms with Crippen LogP contribution in [-0.2, 0) is 19.6 Å². The maximum absolute atomic E-state index is 9.77. The van der Waals surface area contributed by atoms with E-state index in [0.29, 0.717) is 23.9 Å². The smallest absolute Gasteiger partial charge is 0.152 e. The molecule has 1 aliphatic heterocycles. The third kappa shape index (κ3) is 4.20.